The fourth-order valence-electron chi connectivity index (χ4n) is 12.8. The molecular formula is C67H75ClN10O9S. The van der Waals surface area contributed by atoms with Gasteiger partial charge in [0.1, 0.15) is 28.9 Å². The number of nitro benzene ring substituents is 1. The lowest BCUT2D eigenvalue weighted by Gasteiger charge is -2.39. The lowest BCUT2D eigenvalue weighted by molar-refractivity contribution is -0.384. The number of allylic oxidation sites excluding steroid dienone is 1. The molecule has 4 N–H and O–H groups in total. The number of H-pyrrole nitrogens is 1. The number of pyridine rings is 1. The van der Waals surface area contributed by atoms with Crippen LogP contribution in [-0.2, 0) is 26.2 Å². The highest BCUT2D eigenvalue weighted by atomic mass is 35.5. The average molecular weight is 1230 g/mol. The zero-order valence-corrected chi connectivity index (χ0v) is 51.4. The molecule has 4 amide bonds. The highest BCUT2D eigenvalue weighted by Crippen LogP contribution is 2.44. The van der Waals surface area contributed by atoms with Crippen LogP contribution in [0.4, 0.5) is 17.1 Å². The molecule has 11 rings (SSSR count). The number of piperazine rings is 1. The molecule has 1 aliphatic carbocycles. The third-order valence-electron chi connectivity index (χ3n) is 17.9. The quantitative estimate of drug-likeness (QED) is 0.0173. The standard InChI is InChI=1S/C67H75ClN10O9S/c1-67(2)28-24-49(56(40-67)47-14-16-50(68)17-15-47)43-75-33-35-76(36-34-75)51-18-20-55(61(38-51)87-52-37-48-25-29-69-63(48)71-42-52)64(80)73-88(85,86)53-19-21-58(60(39-53)78(83)84)70-41-45-26-31-74(32-27-45)30-9-7-5-3-4-6-8-11-46-12-10-13-54-57(46)44-77(66(54)82)59-22-23-62(79)72-65(59)81/h10,12-21,25,29,37-39,42,45,59,70H,3-7,9,22-24,26-28,30-36,40-41,43-44H2,1-2H3,(H,69,71)(H,73,80)(H,72,79,81). The Hall–Kier alpha value is -8.09. The number of nitrogens with zero attached hydrogens (tertiary/aromatic N) is 6. The number of carbonyl (C=O) groups excluding carboxylic acids is 4. The number of anilines is 2. The van der Waals surface area contributed by atoms with Crippen molar-refractivity contribution in [2.24, 2.45) is 11.3 Å². The minimum Gasteiger partial charge on any atom is -0.455 e. The van der Waals surface area contributed by atoms with Crippen molar-refractivity contribution in [2.75, 3.05) is 69.1 Å². The number of sulfonamides is 1. The first-order chi connectivity index (χ1) is 42.4. The highest BCUT2D eigenvalue weighted by Gasteiger charge is 2.40. The van der Waals surface area contributed by atoms with Crippen LogP contribution in [0.3, 0.4) is 0 Å². The van der Waals surface area contributed by atoms with Crippen LogP contribution in [0.15, 0.2) is 114 Å². The lowest BCUT2D eigenvalue weighted by Crippen LogP contribution is -2.52. The number of nitro groups is 1. The lowest BCUT2D eigenvalue weighted by atomic mass is 9.72. The van der Waals surface area contributed by atoms with Crippen molar-refractivity contribution in [1.82, 2.24) is 34.7 Å². The molecule has 3 saturated heterocycles. The average Bonchev–Trinajstić information content (AvgIpc) is 2.92. The number of ether oxygens (including phenoxy) is 1. The minimum atomic E-state index is -4.61. The molecule has 19 nitrogen and oxygen atoms in total. The number of amides is 4. The number of benzene rings is 4. The topological polar surface area (TPSA) is 233 Å². The van der Waals surface area contributed by atoms with Gasteiger partial charge >= 0.3 is 0 Å². The van der Waals surface area contributed by atoms with Crippen LogP contribution in [0.2, 0.25) is 5.02 Å². The summed E-state index contributed by atoms with van der Waals surface area (Å²) in [4.78, 5) is 79.1. The monoisotopic (exact) mass is 1230 g/mol. The van der Waals surface area contributed by atoms with Crippen LogP contribution >= 0.6 is 11.6 Å². The van der Waals surface area contributed by atoms with E-state index in [1.807, 2.05) is 30.3 Å². The summed E-state index contributed by atoms with van der Waals surface area (Å²) in [6.07, 6.45) is 14.9. The molecule has 88 heavy (non-hydrogen) atoms. The molecule has 4 aliphatic heterocycles. The number of halogens is 1. The Morgan fingerprint density at radius 2 is 1.67 bits per heavy atom. The van der Waals surface area contributed by atoms with E-state index in [0.717, 1.165) is 143 Å². The number of carbonyl (C=O) groups is 4. The van der Waals surface area contributed by atoms with Crippen LogP contribution in [-0.4, -0.2) is 127 Å². The fraction of sp³-hybridized carbons (Fsp3) is 0.418. The number of imide groups is 1. The number of aromatic nitrogens is 2. The van der Waals surface area contributed by atoms with Gasteiger partial charge in [-0.25, -0.2) is 18.1 Å². The normalized spacial score (nSPS) is 18.4. The molecular weight excluding hydrogens is 1160 g/mol. The maximum atomic E-state index is 14.2. The first-order valence-corrected chi connectivity index (χ1v) is 32.6. The Bertz CT molecular complexity index is 3840. The number of nitrogens with one attached hydrogen (secondary N) is 4. The van der Waals surface area contributed by atoms with Gasteiger partial charge in [0.15, 0.2) is 0 Å². The number of piperidine rings is 2. The number of rotatable bonds is 21. The third kappa shape index (κ3) is 14.7. The van der Waals surface area contributed by atoms with E-state index < -0.39 is 43.4 Å². The van der Waals surface area contributed by atoms with Crippen molar-refractivity contribution in [3.8, 4) is 23.3 Å². The van der Waals surface area contributed by atoms with Crippen molar-refractivity contribution in [2.45, 2.75) is 115 Å². The molecule has 6 aromatic rings. The van der Waals surface area contributed by atoms with Crippen LogP contribution in [0.25, 0.3) is 16.6 Å². The van der Waals surface area contributed by atoms with E-state index in [0.29, 0.717) is 49.6 Å². The summed E-state index contributed by atoms with van der Waals surface area (Å²) in [6, 6.07) is 25.3. The smallest absolute Gasteiger partial charge is 0.293 e. The zero-order valence-electron chi connectivity index (χ0n) is 49.9. The number of fused-ring (bicyclic) bond motifs is 2. The van der Waals surface area contributed by atoms with Crippen molar-refractivity contribution >= 4 is 78.9 Å². The molecule has 0 saturated carbocycles. The Morgan fingerprint density at radius 1 is 0.886 bits per heavy atom. The van der Waals surface area contributed by atoms with Crippen LogP contribution in [0.1, 0.15) is 135 Å². The van der Waals surface area contributed by atoms with E-state index in [1.54, 1.807) is 41.4 Å². The molecule has 2 aromatic heterocycles. The summed E-state index contributed by atoms with van der Waals surface area (Å²) in [7, 11) is -4.61. The summed E-state index contributed by atoms with van der Waals surface area (Å²) in [5.74, 6) is 5.36. The first-order valence-electron chi connectivity index (χ1n) is 30.7. The van der Waals surface area contributed by atoms with Gasteiger partial charge in [-0.2, -0.15) is 0 Å². The van der Waals surface area contributed by atoms with E-state index in [9.17, 15) is 37.7 Å². The summed E-state index contributed by atoms with van der Waals surface area (Å²) in [6.45, 7) is 12.2. The number of unbranched alkanes of at least 4 members (excludes halogenated alkanes) is 5. The van der Waals surface area contributed by atoms with Gasteiger partial charge < -0.3 is 29.7 Å². The van der Waals surface area contributed by atoms with Gasteiger partial charge in [-0.05, 0) is 160 Å². The predicted molar refractivity (Wildman–Crippen MR) is 340 cm³/mol. The highest BCUT2D eigenvalue weighted by molar-refractivity contribution is 7.90. The fourth-order valence-corrected chi connectivity index (χ4v) is 13.9. The summed E-state index contributed by atoms with van der Waals surface area (Å²) < 4.78 is 36.5. The number of hydrogen-bond acceptors (Lipinski definition) is 14. The molecule has 0 bridgehead atoms. The molecule has 0 spiro atoms. The van der Waals surface area contributed by atoms with E-state index in [2.05, 4.69) is 77.8 Å². The van der Waals surface area contributed by atoms with Gasteiger partial charge in [0.25, 0.3) is 27.5 Å². The molecule has 21 heteroatoms. The van der Waals surface area contributed by atoms with Crippen molar-refractivity contribution in [1.29, 1.82) is 0 Å². The summed E-state index contributed by atoms with van der Waals surface area (Å²) in [5.41, 5.74) is 7.67. The SMILES string of the molecule is CC1(C)CCC(CN2CCN(c3ccc(C(=O)NS(=O)(=O)c4ccc(NCC5CCN(CCCCCCCC#Cc6cccc7c6CN(C6CCC(=O)NC6=O)C7=O)CC5)c([N+](=O)[O-])c4)c(Oc4cnc5[nH]ccc5c4)c3)CC2)=C(c2ccc(Cl)cc2)C1. The molecule has 3 fully saturated rings. The van der Waals surface area contributed by atoms with Crippen LogP contribution in [0, 0.1) is 33.3 Å². The predicted octanol–water partition coefficient (Wildman–Crippen LogP) is 11.1. The van der Waals surface area contributed by atoms with Gasteiger partial charge in [-0.15, -0.1) is 0 Å². The van der Waals surface area contributed by atoms with E-state index in [1.165, 1.54) is 35.0 Å². The number of aromatic amines is 1. The number of hydrogen-bond donors (Lipinski definition) is 4. The van der Waals surface area contributed by atoms with E-state index in [4.69, 9.17) is 16.3 Å². The second-order valence-corrected chi connectivity index (χ2v) is 26.8. The Morgan fingerprint density at radius 3 is 2.45 bits per heavy atom. The zero-order chi connectivity index (χ0) is 61.5. The molecule has 0 radical (unpaired) electrons. The Balaban J connectivity index is 0.646. The van der Waals surface area contributed by atoms with Gasteiger partial charge in [-0.3, -0.25) is 39.5 Å². The van der Waals surface area contributed by atoms with Gasteiger partial charge in [0.2, 0.25) is 11.8 Å². The van der Waals surface area contributed by atoms with Crippen molar-refractivity contribution in [3.63, 3.8) is 0 Å². The van der Waals surface area contributed by atoms with Gasteiger partial charge in [0, 0.05) is 104 Å². The molecule has 460 valence electrons. The van der Waals surface area contributed by atoms with Crippen molar-refractivity contribution in [3.05, 3.63) is 152 Å². The Labute approximate surface area is 518 Å². The van der Waals surface area contributed by atoms with Crippen molar-refractivity contribution < 1.29 is 37.3 Å². The maximum Gasteiger partial charge on any atom is 0.293 e. The molecule has 1 unspecified atom stereocenters. The van der Waals surface area contributed by atoms with E-state index in [-0.39, 0.29) is 46.6 Å². The van der Waals surface area contributed by atoms with E-state index >= 15 is 0 Å². The second-order valence-electron chi connectivity index (χ2n) is 24.7. The molecule has 6 heterocycles. The Kier molecular flexibility index (Phi) is 19.0. The number of likely N-dealkylation sites (tertiary alicyclic amines) is 1. The summed E-state index contributed by atoms with van der Waals surface area (Å²) >= 11 is 6.28. The molecule has 5 aliphatic rings. The first kappa shape index (κ1) is 61.6. The van der Waals surface area contributed by atoms with Crippen LogP contribution < -0.4 is 25.0 Å². The van der Waals surface area contributed by atoms with Crippen LogP contribution in [0.5, 0.6) is 11.5 Å². The minimum absolute atomic E-state index is 0.0475. The molecule has 4 aromatic carbocycles. The largest absolute Gasteiger partial charge is 0.455 e. The summed E-state index contributed by atoms with van der Waals surface area (Å²) in [5, 5.41) is 19.5. The third-order valence-corrected chi connectivity index (χ3v) is 19.5. The molecule has 1 atom stereocenters. The van der Waals surface area contributed by atoms with Gasteiger partial charge in [-0.1, -0.05) is 80.3 Å². The second kappa shape index (κ2) is 27.1. The maximum absolute atomic E-state index is 14.2. The van der Waals surface area contributed by atoms with Gasteiger partial charge in [0.05, 0.1) is 21.6 Å².